The topological polar surface area (TPSA) is 32.3 Å². The molecule has 1 aromatic rings. The summed E-state index contributed by atoms with van der Waals surface area (Å²) in [5.41, 5.74) is 1.42. The van der Waals surface area contributed by atoms with Gasteiger partial charge in [0, 0.05) is 30.6 Å². The standard InChI is InChI=1S/C21H30N2O/c24-21(17-9-5-2-6-10-17)22-18-13-19-11-12-20(14-18)23(19)15-16-7-3-1-4-8-16/h1,3-4,7-8,17-20H,2,5-6,9-15H2,(H,22,24). The summed E-state index contributed by atoms with van der Waals surface area (Å²) in [6.45, 7) is 1.07. The number of fused-ring (bicyclic) bond motifs is 2. The Balaban J connectivity index is 1.33. The summed E-state index contributed by atoms with van der Waals surface area (Å²) < 4.78 is 0. The number of rotatable bonds is 4. The quantitative estimate of drug-likeness (QED) is 0.911. The van der Waals surface area contributed by atoms with Gasteiger partial charge in [-0.1, -0.05) is 49.6 Å². The Morgan fingerprint density at radius 1 is 0.958 bits per heavy atom. The molecule has 3 aliphatic rings. The van der Waals surface area contributed by atoms with Crippen molar-refractivity contribution in [1.82, 2.24) is 10.2 Å². The van der Waals surface area contributed by atoms with Crippen LogP contribution < -0.4 is 5.32 Å². The fraction of sp³-hybridized carbons (Fsp3) is 0.667. The number of nitrogens with one attached hydrogen (secondary N) is 1. The fourth-order valence-electron chi connectivity index (χ4n) is 5.13. The number of hydrogen-bond acceptors (Lipinski definition) is 2. The van der Waals surface area contributed by atoms with Crippen molar-refractivity contribution < 1.29 is 4.79 Å². The third kappa shape index (κ3) is 3.51. The maximum Gasteiger partial charge on any atom is 0.223 e. The number of hydrogen-bond donors (Lipinski definition) is 1. The Labute approximate surface area is 145 Å². The first kappa shape index (κ1) is 16.1. The second-order valence-corrected chi connectivity index (χ2v) is 8.05. The smallest absolute Gasteiger partial charge is 0.223 e. The van der Waals surface area contributed by atoms with Crippen LogP contribution >= 0.6 is 0 Å². The molecular weight excluding hydrogens is 296 g/mol. The highest BCUT2D eigenvalue weighted by molar-refractivity contribution is 5.79. The highest BCUT2D eigenvalue weighted by Crippen LogP contribution is 2.37. The van der Waals surface area contributed by atoms with Crippen LogP contribution in [0.4, 0.5) is 0 Å². The van der Waals surface area contributed by atoms with E-state index in [1.807, 2.05) is 0 Å². The molecule has 3 fully saturated rings. The molecule has 2 heterocycles. The van der Waals surface area contributed by atoms with E-state index in [0.717, 1.165) is 32.2 Å². The Morgan fingerprint density at radius 2 is 1.62 bits per heavy atom. The predicted molar refractivity (Wildman–Crippen MR) is 96.5 cm³/mol. The fourth-order valence-corrected chi connectivity index (χ4v) is 5.13. The van der Waals surface area contributed by atoms with Gasteiger partial charge in [-0.3, -0.25) is 9.69 Å². The Bertz CT molecular complexity index is 538. The minimum Gasteiger partial charge on any atom is -0.353 e. The van der Waals surface area contributed by atoms with Crippen LogP contribution in [0.1, 0.15) is 63.4 Å². The molecule has 24 heavy (non-hydrogen) atoms. The molecule has 3 nitrogen and oxygen atoms in total. The highest BCUT2D eigenvalue weighted by atomic mass is 16.1. The molecule has 2 unspecified atom stereocenters. The van der Waals surface area contributed by atoms with Crippen molar-refractivity contribution in [3.05, 3.63) is 35.9 Å². The van der Waals surface area contributed by atoms with Crippen LogP contribution in [0.15, 0.2) is 30.3 Å². The number of carbonyl (C=O) groups excluding carboxylic acids is 1. The summed E-state index contributed by atoms with van der Waals surface area (Å²) in [4.78, 5) is 15.2. The number of carbonyl (C=O) groups is 1. The van der Waals surface area contributed by atoms with Gasteiger partial charge in [0.15, 0.2) is 0 Å². The van der Waals surface area contributed by atoms with E-state index in [1.54, 1.807) is 0 Å². The van der Waals surface area contributed by atoms with Crippen LogP contribution in [0.2, 0.25) is 0 Å². The molecule has 0 aromatic heterocycles. The lowest BCUT2D eigenvalue weighted by Gasteiger charge is -2.39. The lowest BCUT2D eigenvalue weighted by molar-refractivity contribution is -0.127. The minimum atomic E-state index is 0.291. The van der Waals surface area contributed by atoms with Gasteiger partial charge in [-0.2, -0.15) is 0 Å². The predicted octanol–water partition coefficient (Wildman–Crippen LogP) is 3.88. The first-order valence-corrected chi connectivity index (χ1v) is 9.89. The Hall–Kier alpha value is -1.35. The van der Waals surface area contributed by atoms with E-state index in [9.17, 15) is 4.79 Å². The van der Waals surface area contributed by atoms with Gasteiger partial charge in [0.05, 0.1) is 0 Å². The molecule has 2 saturated heterocycles. The van der Waals surface area contributed by atoms with E-state index in [-0.39, 0.29) is 0 Å². The molecule has 2 atom stereocenters. The van der Waals surface area contributed by atoms with Crippen molar-refractivity contribution in [2.24, 2.45) is 5.92 Å². The van der Waals surface area contributed by atoms with E-state index in [0.29, 0.717) is 30.0 Å². The van der Waals surface area contributed by atoms with Crippen molar-refractivity contribution >= 4 is 5.91 Å². The summed E-state index contributed by atoms with van der Waals surface area (Å²) in [5, 5.41) is 3.41. The van der Waals surface area contributed by atoms with Gasteiger partial charge in [-0.25, -0.2) is 0 Å². The van der Waals surface area contributed by atoms with Crippen LogP contribution in [0, 0.1) is 5.92 Å². The van der Waals surface area contributed by atoms with E-state index in [2.05, 4.69) is 40.5 Å². The highest BCUT2D eigenvalue weighted by Gasteiger charge is 2.41. The molecule has 0 spiro atoms. The van der Waals surface area contributed by atoms with Crippen LogP contribution in [0.5, 0.6) is 0 Å². The van der Waals surface area contributed by atoms with Gasteiger partial charge in [0.1, 0.15) is 0 Å². The second kappa shape index (κ2) is 7.26. The Morgan fingerprint density at radius 3 is 2.29 bits per heavy atom. The molecule has 0 radical (unpaired) electrons. The molecule has 1 aliphatic carbocycles. The minimum absolute atomic E-state index is 0.291. The van der Waals surface area contributed by atoms with Crippen LogP contribution in [-0.4, -0.2) is 28.9 Å². The van der Waals surface area contributed by atoms with Crippen LogP contribution in [0.3, 0.4) is 0 Å². The number of amides is 1. The second-order valence-electron chi connectivity index (χ2n) is 8.05. The first-order valence-electron chi connectivity index (χ1n) is 9.89. The monoisotopic (exact) mass is 326 g/mol. The van der Waals surface area contributed by atoms with Crippen molar-refractivity contribution in [1.29, 1.82) is 0 Å². The number of nitrogens with zero attached hydrogens (tertiary/aromatic N) is 1. The summed E-state index contributed by atoms with van der Waals surface area (Å²) in [7, 11) is 0. The molecule has 3 heteroatoms. The lowest BCUT2D eigenvalue weighted by atomic mass is 9.88. The summed E-state index contributed by atoms with van der Waals surface area (Å²) in [6.07, 6.45) is 10.9. The molecule has 4 rings (SSSR count). The van der Waals surface area contributed by atoms with Gasteiger partial charge in [0.25, 0.3) is 0 Å². The van der Waals surface area contributed by atoms with Gasteiger partial charge < -0.3 is 5.32 Å². The van der Waals surface area contributed by atoms with Crippen molar-refractivity contribution in [3.8, 4) is 0 Å². The van der Waals surface area contributed by atoms with Crippen LogP contribution in [-0.2, 0) is 11.3 Å². The average molecular weight is 326 g/mol. The third-order valence-electron chi connectivity index (χ3n) is 6.41. The largest absolute Gasteiger partial charge is 0.353 e. The maximum atomic E-state index is 12.5. The average Bonchev–Trinajstić information content (AvgIpc) is 2.86. The van der Waals surface area contributed by atoms with E-state index in [4.69, 9.17) is 0 Å². The number of piperidine rings is 1. The SMILES string of the molecule is O=C(NC1CC2CCC(C1)N2Cc1ccccc1)C1CCCCC1. The molecule has 2 aliphatic heterocycles. The molecule has 1 amide bonds. The van der Waals surface area contributed by atoms with Gasteiger partial charge in [0.2, 0.25) is 5.91 Å². The molecule has 130 valence electrons. The zero-order valence-corrected chi connectivity index (χ0v) is 14.6. The zero-order valence-electron chi connectivity index (χ0n) is 14.6. The molecule has 1 aromatic carbocycles. The van der Waals surface area contributed by atoms with Gasteiger partial charge in [-0.15, -0.1) is 0 Å². The molecule has 1 N–H and O–H groups in total. The van der Waals surface area contributed by atoms with E-state index >= 15 is 0 Å². The Kier molecular flexibility index (Phi) is 4.88. The lowest BCUT2D eigenvalue weighted by Crippen LogP contribution is -2.51. The van der Waals surface area contributed by atoms with Crippen molar-refractivity contribution in [2.75, 3.05) is 0 Å². The summed E-state index contributed by atoms with van der Waals surface area (Å²) in [6, 6.07) is 12.5. The normalized spacial score (nSPS) is 31.1. The number of benzene rings is 1. The van der Waals surface area contributed by atoms with Gasteiger partial charge >= 0.3 is 0 Å². The van der Waals surface area contributed by atoms with Crippen LogP contribution in [0.25, 0.3) is 0 Å². The van der Waals surface area contributed by atoms with Crippen molar-refractivity contribution in [3.63, 3.8) is 0 Å². The van der Waals surface area contributed by atoms with Crippen molar-refractivity contribution in [2.45, 2.75) is 82.5 Å². The zero-order chi connectivity index (χ0) is 16.4. The maximum absolute atomic E-state index is 12.5. The first-order chi connectivity index (χ1) is 11.8. The summed E-state index contributed by atoms with van der Waals surface area (Å²) in [5.74, 6) is 0.634. The molecule has 2 bridgehead atoms. The summed E-state index contributed by atoms with van der Waals surface area (Å²) >= 11 is 0. The van der Waals surface area contributed by atoms with Gasteiger partial charge in [-0.05, 0) is 44.1 Å². The van der Waals surface area contributed by atoms with E-state index in [1.165, 1.54) is 37.7 Å². The van der Waals surface area contributed by atoms with E-state index < -0.39 is 0 Å². The third-order valence-corrected chi connectivity index (χ3v) is 6.41. The molecular formula is C21H30N2O. The molecule has 1 saturated carbocycles.